The molecule has 6 N–H and O–H groups in total. The normalized spacial score (nSPS) is 18.3. The van der Waals surface area contributed by atoms with E-state index in [-0.39, 0.29) is 22.9 Å². The standard InChI is InChI=1S/C20H18Cl2F2N4O2.C4H6O6/c1-28-18(13(21)8-26-28)12-7-17(30-19(12)22)20(29)27-16-9-25-5-4-11(16)10-2-3-14(23)15(24)6-10;5-1(3(7)8)2(6)4(9)10/h2-3,6-8,11,16,25H,4-5,9H2,1H3,(H,27,29);1-2,5-6H,(H,7,8)(H,9,10)/t11-,16+;1-,2-/m11/s1. The average molecular weight is 605 g/mol. The molecule has 3 aromatic rings. The van der Waals surface area contributed by atoms with E-state index in [1.54, 1.807) is 13.1 Å². The van der Waals surface area contributed by atoms with Crippen molar-refractivity contribution in [1.29, 1.82) is 0 Å². The second-order valence-electron chi connectivity index (χ2n) is 8.68. The first kappa shape index (κ1) is 31.0. The van der Waals surface area contributed by atoms with Gasteiger partial charge in [0.05, 0.1) is 22.5 Å². The molecular weight excluding hydrogens is 581 g/mol. The number of carboxylic acid groups (broad SMARTS) is 2. The molecule has 16 heteroatoms. The number of carbonyl (C=O) groups is 3. The zero-order valence-corrected chi connectivity index (χ0v) is 22.2. The number of amides is 1. The van der Waals surface area contributed by atoms with Crippen LogP contribution in [-0.2, 0) is 16.6 Å². The van der Waals surface area contributed by atoms with Gasteiger partial charge < -0.3 is 35.5 Å². The molecule has 4 atom stereocenters. The topological polar surface area (TPSA) is 187 Å². The molecule has 0 radical (unpaired) electrons. The Morgan fingerprint density at radius 3 is 2.33 bits per heavy atom. The van der Waals surface area contributed by atoms with Gasteiger partial charge in [0, 0.05) is 31.6 Å². The zero-order chi connectivity index (χ0) is 29.7. The molecule has 1 fully saturated rings. The van der Waals surface area contributed by atoms with Gasteiger partial charge in [0.25, 0.3) is 5.91 Å². The van der Waals surface area contributed by atoms with Crippen LogP contribution in [0.3, 0.4) is 0 Å². The Morgan fingerprint density at radius 1 is 1.12 bits per heavy atom. The summed E-state index contributed by atoms with van der Waals surface area (Å²) in [5, 5.41) is 43.1. The van der Waals surface area contributed by atoms with E-state index in [0.717, 1.165) is 6.07 Å². The summed E-state index contributed by atoms with van der Waals surface area (Å²) in [5.74, 6) is -5.98. The summed E-state index contributed by atoms with van der Waals surface area (Å²) in [7, 11) is 1.70. The minimum absolute atomic E-state index is 0.0156. The fourth-order valence-electron chi connectivity index (χ4n) is 4.02. The van der Waals surface area contributed by atoms with Gasteiger partial charge in [0.1, 0.15) is 0 Å². The van der Waals surface area contributed by atoms with E-state index in [4.69, 9.17) is 48.0 Å². The second-order valence-corrected chi connectivity index (χ2v) is 9.43. The van der Waals surface area contributed by atoms with Crippen LogP contribution in [0, 0.1) is 11.6 Å². The number of aliphatic hydroxyl groups excluding tert-OH is 2. The highest BCUT2D eigenvalue weighted by molar-refractivity contribution is 6.35. The van der Waals surface area contributed by atoms with Crippen LogP contribution in [0.15, 0.2) is 34.9 Å². The molecule has 216 valence electrons. The molecule has 1 aliphatic rings. The summed E-state index contributed by atoms with van der Waals surface area (Å²) in [5.41, 5.74) is 1.61. The quantitative estimate of drug-likeness (QED) is 0.233. The largest absolute Gasteiger partial charge is 0.479 e. The Kier molecular flexibility index (Phi) is 10.2. The molecule has 0 spiro atoms. The fraction of sp³-hybridized carbons (Fsp3) is 0.333. The van der Waals surface area contributed by atoms with Crippen LogP contribution in [0.2, 0.25) is 10.2 Å². The molecule has 1 aliphatic heterocycles. The number of furan rings is 1. The van der Waals surface area contributed by atoms with E-state index >= 15 is 0 Å². The van der Waals surface area contributed by atoms with E-state index in [9.17, 15) is 23.2 Å². The maximum Gasteiger partial charge on any atom is 0.335 e. The molecule has 1 saturated heterocycles. The van der Waals surface area contributed by atoms with Crippen molar-refractivity contribution in [3.8, 4) is 11.3 Å². The maximum atomic E-state index is 13.7. The number of nitrogens with zero attached hydrogens (tertiary/aromatic N) is 2. The Morgan fingerprint density at radius 2 is 1.77 bits per heavy atom. The van der Waals surface area contributed by atoms with Crippen molar-refractivity contribution < 1.29 is 48.0 Å². The molecule has 40 heavy (non-hydrogen) atoms. The number of aliphatic hydroxyl groups is 2. The third-order valence-electron chi connectivity index (χ3n) is 6.04. The Bertz CT molecular complexity index is 1360. The molecule has 12 nitrogen and oxygen atoms in total. The van der Waals surface area contributed by atoms with Crippen LogP contribution in [0.4, 0.5) is 8.78 Å². The van der Waals surface area contributed by atoms with Crippen molar-refractivity contribution in [2.45, 2.75) is 30.6 Å². The molecule has 4 rings (SSSR count). The maximum absolute atomic E-state index is 13.7. The van der Waals surface area contributed by atoms with Gasteiger partial charge in [-0.3, -0.25) is 9.48 Å². The Hall–Kier alpha value is -3.56. The molecule has 0 aliphatic carbocycles. The van der Waals surface area contributed by atoms with Crippen molar-refractivity contribution >= 4 is 41.0 Å². The number of halogens is 4. The SMILES string of the molecule is Cn1ncc(Cl)c1-c1cc(C(=O)N[C@H]2CNCC[C@@H]2c2ccc(F)c(F)c2)oc1Cl.O=C(O)[C@H](O)[C@@H](O)C(=O)O. The van der Waals surface area contributed by atoms with E-state index in [2.05, 4.69) is 15.7 Å². The molecule has 1 amide bonds. The lowest BCUT2D eigenvalue weighted by Gasteiger charge is -2.33. The van der Waals surface area contributed by atoms with Gasteiger partial charge >= 0.3 is 11.9 Å². The summed E-state index contributed by atoms with van der Waals surface area (Å²) in [4.78, 5) is 32.4. The molecule has 0 bridgehead atoms. The highest BCUT2D eigenvalue weighted by Crippen LogP contribution is 2.35. The van der Waals surface area contributed by atoms with Gasteiger partial charge in [-0.05, 0) is 42.3 Å². The van der Waals surface area contributed by atoms with Crippen LogP contribution in [0.1, 0.15) is 28.5 Å². The minimum atomic E-state index is -2.27. The number of piperidine rings is 1. The number of aliphatic carboxylic acids is 2. The smallest absolute Gasteiger partial charge is 0.335 e. The van der Waals surface area contributed by atoms with Crippen LogP contribution in [0.5, 0.6) is 0 Å². The van der Waals surface area contributed by atoms with E-state index in [0.29, 0.717) is 41.4 Å². The zero-order valence-electron chi connectivity index (χ0n) is 20.6. The third-order valence-corrected chi connectivity index (χ3v) is 6.59. The van der Waals surface area contributed by atoms with Crippen molar-refractivity contribution in [2.75, 3.05) is 13.1 Å². The summed E-state index contributed by atoms with van der Waals surface area (Å²) in [6.45, 7) is 1.18. The van der Waals surface area contributed by atoms with Gasteiger partial charge in [0.2, 0.25) is 5.22 Å². The van der Waals surface area contributed by atoms with Gasteiger partial charge in [-0.1, -0.05) is 17.7 Å². The van der Waals surface area contributed by atoms with Gasteiger partial charge in [-0.2, -0.15) is 5.10 Å². The monoisotopic (exact) mass is 604 g/mol. The number of carboxylic acids is 2. The lowest BCUT2D eigenvalue weighted by Crippen LogP contribution is -2.50. The summed E-state index contributed by atoms with van der Waals surface area (Å²) in [6, 6.07) is 4.98. The fourth-order valence-corrected chi connectivity index (χ4v) is 4.51. The van der Waals surface area contributed by atoms with Crippen molar-refractivity contribution in [2.24, 2.45) is 7.05 Å². The highest BCUT2D eigenvalue weighted by atomic mass is 35.5. The predicted molar refractivity (Wildman–Crippen MR) is 136 cm³/mol. The summed E-state index contributed by atoms with van der Waals surface area (Å²) < 4.78 is 34.0. The number of hydrogen-bond donors (Lipinski definition) is 6. The molecule has 2 aromatic heterocycles. The van der Waals surface area contributed by atoms with Crippen molar-refractivity contribution in [1.82, 2.24) is 20.4 Å². The number of aryl methyl sites for hydroxylation is 1. The number of carbonyl (C=O) groups excluding carboxylic acids is 1. The number of benzene rings is 1. The summed E-state index contributed by atoms with van der Waals surface area (Å²) in [6.07, 6.45) is -2.40. The van der Waals surface area contributed by atoms with E-state index in [1.807, 2.05) is 0 Å². The highest BCUT2D eigenvalue weighted by Gasteiger charge is 2.31. The lowest BCUT2D eigenvalue weighted by atomic mass is 9.86. The first-order chi connectivity index (χ1) is 18.8. The Labute approximate surface area is 235 Å². The van der Waals surface area contributed by atoms with Crippen molar-refractivity contribution in [3.05, 3.63) is 63.7 Å². The molecule has 0 saturated carbocycles. The van der Waals surface area contributed by atoms with Crippen LogP contribution in [-0.4, -0.2) is 79.4 Å². The van der Waals surface area contributed by atoms with Crippen LogP contribution < -0.4 is 10.6 Å². The third kappa shape index (κ3) is 7.14. The lowest BCUT2D eigenvalue weighted by molar-refractivity contribution is -0.165. The van der Waals surface area contributed by atoms with E-state index in [1.165, 1.54) is 23.0 Å². The summed E-state index contributed by atoms with van der Waals surface area (Å²) >= 11 is 12.3. The number of hydrogen-bond acceptors (Lipinski definition) is 8. The molecular formula is C24H24Cl2F2N4O8. The number of nitrogens with one attached hydrogen (secondary N) is 2. The molecule has 1 aromatic carbocycles. The molecule has 3 heterocycles. The Balaban J connectivity index is 0.000000378. The first-order valence-corrected chi connectivity index (χ1v) is 12.3. The second kappa shape index (κ2) is 13.2. The van der Waals surface area contributed by atoms with Gasteiger partial charge in [0.15, 0.2) is 29.6 Å². The first-order valence-electron chi connectivity index (χ1n) is 11.6. The minimum Gasteiger partial charge on any atom is -0.479 e. The predicted octanol–water partition coefficient (Wildman–Crippen LogP) is 2.02. The van der Waals surface area contributed by atoms with E-state index < -0.39 is 41.7 Å². The number of aromatic nitrogens is 2. The van der Waals surface area contributed by atoms with Gasteiger partial charge in [-0.25, -0.2) is 18.4 Å². The van der Waals surface area contributed by atoms with Crippen LogP contribution >= 0.6 is 23.2 Å². The van der Waals surface area contributed by atoms with Crippen molar-refractivity contribution in [3.63, 3.8) is 0 Å². The average Bonchev–Trinajstić information content (AvgIpc) is 3.45. The number of rotatable bonds is 7. The van der Waals surface area contributed by atoms with Gasteiger partial charge in [-0.15, -0.1) is 0 Å². The molecule has 0 unspecified atom stereocenters. The van der Waals surface area contributed by atoms with Crippen LogP contribution in [0.25, 0.3) is 11.3 Å².